The van der Waals surface area contributed by atoms with E-state index in [9.17, 15) is 9.59 Å². The maximum Gasteiger partial charge on any atom is 0.348 e. The third-order valence-electron chi connectivity index (χ3n) is 0.930. The molecule has 64 valence electrons. The molecule has 0 amide bonds. The molecule has 0 aliphatic carbocycles. The maximum absolute atomic E-state index is 10.6. The van der Waals surface area contributed by atoms with Gasteiger partial charge in [-0.25, -0.2) is 4.79 Å². The van der Waals surface area contributed by atoms with Crippen molar-refractivity contribution in [2.45, 2.75) is 6.42 Å². The number of carboxylic acids is 1. The van der Waals surface area contributed by atoms with Gasteiger partial charge < -0.3 is 9.84 Å². The van der Waals surface area contributed by atoms with Crippen molar-refractivity contribution in [1.29, 1.82) is 5.26 Å². The number of carboxylic acid groups (broad SMARTS) is 1. The molecule has 0 bridgehead atoms. The summed E-state index contributed by atoms with van der Waals surface area (Å²) in [6, 6.07) is 1.49. The number of hydrogen-bond donors (Lipinski definition) is 1. The second kappa shape index (κ2) is 4.91. The number of nitrogens with zero attached hydrogens (tertiary/aromatic N) is 1. The molecule has 0 aliphatic rings. The molecule has 0 radical (unpaired) electrons. The van der Waals surface area contributed by atoms with E-state index in [4.69, 9.17) is 10.4 Å². The van der Waals surface area contributed by atoms with Crippen molar-refractivity contribution in [3.05, 3.63) is 12.2 Å². The number of nitriles is 1. The lowest BCUT2D eigenvalue weighted by atomic mass is 10.3. The Morgan fingerprint density at radius 3 is 2.58 bits per heavy atom. The van der Waals surface area contributed by atoms with Crippen molar-refractivity contribution in [3.8, 4) is 6.07 Å². The molecule has 0 aromatic heterocycles. The Bertz CT molecular complexity index is 251. The highest BCUT2D eigenvalue weighted by Gasteiger charge is 2.07. The number of carbonyl (C=O) groups is 2. The van der Waals surface area contributed by atoms with Gasteiger partial charge in [-0.15, -0.1) is 0 Å². The first kappa shape index (κ1) is 10.2. The van der Waals surface area contributed by atoms with Gasteiger partial charge in [0, 0.05) is 0 Å². The summed E-state index contributed by atoms with van der Waals surface area (Å²) in [7, 11) is 0. The SMILES string of the molecule is C=C(C#N)C(=O)OCCC(=O)O. The molecule has 0 rings (SSSR count). The van der Waals surface area contributed by atoms with Crippen LogP contribution in [0.3, 0.4) is 0 Å². The smallest absolute Gasteiger partial charge is 0.348 e. The number of aliphatic carboxylic acids is 1. The summed E-state index contributed by atoms with van der Waals surface area (Å²) in [6.45, 7) is 2.85. The topological polar surface area (TPSA) is 87.4 Å². The minimum atomic E-state index is -1.06. The second-order valence-electron chi connectivity index (χ2n) is 1.87. The van der Waals surface area contributed by atoms with Crippen LogP contribution in [-0.4, -0.2) is 23.7 Å². The molecule has 0 heterocycles. The highest BCUT2D eigenvalue weighted by atomic mass is 16.5. The van der Waals surface area contributed by atoms with Gasteiger partial charge in [-0.2, -0.15) is 5.26 Å². The molecule has 0 fully saturated rings. The van der Waals surface area contributed by atoms with Gasteiger partial charge in [0.25, 0.3) is 0 Å². The molecule has 5 nitrogen and oxygen atoms in total. The highest BCUT2D eigenvalue weighted by Crippen LogP contribution is 1.93. The van der Waals surface area contributed by atoms with Crippen LogP contribution in [-0.2, 0) is 14.3 Å². The molecule has 0 aromatic rings. The van der Waals surface area contributed by atoms with Gasteiger partial charge >= 0.3 is 11.9 Å². The summed E-state index contributed by atoms with van der Waals surface area (Å²) in [6.07, 6.45) is -0.273. The highest BCUT2D eigenvalue weighted by molar-refractivity contribution is 5.91. The van der Waals surface area contributed by atoms with E-state index in [-0.39, 0.29) is 18.6 Å². The zero-order valence-corrected chi connectivity index (χ0v) is 6.24. The molecule has 0 aromatic carbocycles. The summed E-state index contributed by atoms with van der Waals surface area (Å²) in [4.78, 5) is 20.6. The van der Waals surface area contributed by atoms with E-state index in [1.807, 2.05) is 0 Å². The van der Waals surface area contributed by atoms with E-state index in [1.165, 1.54) is 6.07 Å². The van der Waals surface area contributed by atoms with Crippen molar-refractivity contribution < 1.29 is 19.4 Å². The number of ether oxygens (including phenoxy) is 1. The fourth-order valence-electron chi connectivity index (χ4n) is 0.364. The largest absolute Gasteiger partial charge is 0.481 e. The number of rotatable bonds is 4. The number of hydrogen-bond acceptors (Lipinski definition) is 4. The fraction of sp³-hybridized carbons (Fsp3) is 0.286. The summed E-state index contributed by atoms with van der Waals surface area (Å²) in [5, 5.41) is 16.3. The van der Waals surface area contributed by atoms with Gasteiger partial charge in [0.05, 0.1) is 6.42 Å². The first-order chi connectivity index (χ1) is 5.57. The van der Waals surface area contributed by atoms with Crippen molar-refractivity contribution in [3.63, 3.8) is 0 Å². The average Bonchev–Trinajstić information content (AvgIpc) is 2.02. The van der Waals surface area contributed by atoms with Crippen LogP contribution in [0.2, 0.25) is 0 Å². The zero-order valence-electron chi connectivity index (χ0n) is 6.24. The summed E-state index contributed by atoms with van der Waals surface area (Å²) >= 11 is 0. The van der Waals surface area contributed by atoms with E-state index in [0.717, 1.165) is 0 Å². The van der Waals surface area contributed by atoms with E-state index >= 15 is 0 Å². The maximum atomic E-state index is 10.6. The van der Waals surface area contributed by atoms with Crippen LogP contribution in [0.5, 0.6) is 0 Å². The predicted octanol–water partition coefficient (Wildman–Crippen LogP) is 0.0841. The summed E-state index contributed by atoms with van der Waals surface area (Å²) in [5.41, 5.74) is -0.333. The molecular weight excluding hydrogens is 162 g/mol. The minimum absolute atomic E-state index is 0.241. The second-order valence-corrected chi connectivity index (χ2v) is 1.87. The van der Waals surface area contributed by atoms with Crippen molar-refractivity contribution >= 4 is 11.9 Å². The van der Waals surface area contributed by atoms with E-state index in [0.29, 0.717) is 0 Å². The Morgan fingerprint density at radius 1 is 1.58 bits per heavy atom. The Hall–Kier alpha value is -1.83. The fourth-order valence-corrected chi connectivity index (χ4v) is 0.364. The summed E-state index contributed by atoms with van der Waals surface area (Å²) < 4.78 is 4.36. The Morgan fingerprint density at radius 2 is 2.17 bits per heavy atom. The van der Waals surface area contributed by atoms with Crippen LogP contribution in [0.4, 0.5) is 0 Å². The number of carbonyl (C=O) groups excluding carboxylic acids is 1. The van der Waals surface area contributed by atoms with Gasteiger partial charge in [-0.3, -0.25) is 4.79 Å². The van der Waals surface area contributed by atoms with Crippen LogP contribution >= 0.6 is 0 Å². The lowest BCUT2D eigenvalue weighted by molar-refractivity contribution is -0.143. The van der Waals surface area contributed by atoms with Crippen molar-refractivity contribution in [2.24, 2.45) is 0 Å². The van der Waals surface area contributed by atoms with Crippen molar-refractivity contribution in [1.82, 2.24) is 0 Å². The van der Waals surface area contributed by atoms with E-state index in [2.05, 4.69) is 11.3 Å². The predicted molar refractivity (Wildman–Crippen MR) is 38.0 cm³/mol. The van der Waals surface area contributed by atoms with Crippen molar-refractivity contribution in [2.75, 3.05) is 6.61 Å². The molecule has 0 atom stereocenters. The van der Waals surface area contributed by atoms with Gasteiger partial charge in [0.1, 0.15) is 18.2 Å². The summed E-state index contributed by atoms with van der Waals surface area (Å²) in [5.74, 6) is -1.94. The molecule has 0 unspecified atom stereocenters. The standard InChI is InChI=1S/C7H7NO4/c1-5(4-8)7(11)12-3-2-6(9)10/h1-3H2,(H,9,10). The van der Waals surface area contributed by atoms with Crippen LogP contribution in [0.15, 0.2) is 12.2 Å². The Labute approximate surface area is 68.9 Å². The van der Waals surface area contributed by atoms with E-state index < -0.39 is 11.9 Å². The van der Waals surface area contributed by atoms with Crippen LogP contribution in [0.25, 0.3) is 0 Å². The molecule has 0 saturated carbocycles. The molecule has 1 N–H and O–H groups in total. The number of esters is 1. The quantitative estimate of drug-likeness (QED) is 0.366. The Kier molecular flexibility index (Phi) is 4.16. The minimum Gasteiger partial charge on any atom is -0.481 e. The molecule has 0 aliphatic heterocycles. The lowest BCUT2D eigenvalue weighted by Gasteiger charge is -1.98. The van der Waals surface area contributed by atoms with Gasteiger partial charge in [0.15, 0.2) is 0 Å². The third-order valence-corrected chi connectivity index (χ3v) is 0.930. The first-order valence-electron chi connectivity index (χ1n) is 3.06. The molecule has 5 heteroatoms. The molecular formula is C7H7NO4. The normalized spacial score (nSPS) is 8.25. The van der Waals surface area contributed by atoms with Crippen LogP contribution in [0, 0.1) is 11.3 Å². The van der Waals surface area contributed by atoms with Gasteiger partial charge in [-0.1, -0.05) is 6.58 Å². The molecule has 0 spiro atoms. The van der Waals surface area contributed by atoms with Gasteiger partial charge in [0.2, 0.25) is 0 Å². The van der Waals surface area contributed by atoms with Crippen LogP contribution < -0.4 is 0 Å². The molecule has 12 heavy (non-hydrogen) atoms. The first-order valence-corrected chi connectivity index (χ1v) is 3.06. The zero-order chi connectivity index (χ0) is 9.56. The van der Waals surface area contributed by atoms with Crippen LogP contribution in [0.1, 0.15) is 6.42 Å². The van der Waals surface area contributed by atoms with Gasteiger partial charge in [-0.05, 0) is 0 Å². The third kappa shape index (κ3) is 4.06. The Balaban J connectivity index is 3.67. The molecule has 0 saturated heterocycles. The average molecular weight is 169 g/mol. The monoisotopic (exact) mass is 169 g/mol. The lowest BCUT2D eigenvalue weighted by Crippen LogP contribution is -2.10. The van der Waals surface area contributed by atoms with E-state index in [1.54, 1.807) is 0 Å².